The first-order chi connectivity index (χ1) is 13.2. The van der Waals surface area contributed by atoms with Crippen LogP contribution in [0.2, 0.25) is 0 Å². The van der Waals surface area contributed by atoms with Gasteiger partial charge in [0.2, 0.25) is 10.0 Å². The molecule has 0 aromatic heterocycles. The summed E-state index contributed by atoms with van der Waals surface area (Å²) in [6.07, 6.45) is 4.36. The monoisotopic (exact) mass is 464 g/mol. The highest BCUT2D eigenvalue weighted by Gasteiger charge is 2.25. The van der Waals surface area contributed by atoms with E-state index in [2.05, 4.69) is 35.1 Å². The van der Waals surface area contributed by atoms with Crippen molar-refractivity contribution in [3.8, 4) is 0 Å². The summed E-state index contributed by atoms with van der Waals surface area (Å²) >= 11 is 3.54. The number of hydrogen-bond acceptors (Lipinski definition) is 3. The Hall–Kier alpha value is -1.86. The van der Waals surface area contributed by atoms with Crippen LogP contribution in [0.15, 0.2) is 34.8 Å². The molecule has 3 rings (SSSR count). The molecule has 1 aliphatic heterocycles. The standard InChI is InChI=1S/C21H25BrN2O3S/c1-4-14-12-18(22)13-15(5-2)20(14)23-21(25)17-8-9-19-16(11-17)7-6-10-24(19)28(3,26)27/h8-9,11-13H,4-7,10H2,1-3H3,(H,23,25). The van der Waals surface area contributed by atoms with Crippen LogP contribution in [0.3, 0.4) is 0 Å². The van der Waals surface area contributed by atoms with Crippen LogP contribution in [0.5, 0.6) is 0 Å². The van der Waals surface area contributed by atoms with Crippen LogP contribution in [-0.2, 0) is 29.3 Å². The fourth-order valence-electron chi connectivity index (χ4n) is 3.68. The molecule has 0 unspecified atom stereocenters. The number of halogens is 1. The van der Waals surface area contributed by atoms with Gasteiger partial charge in [-0.2, -0.15) is 0 Å². The van der Waals surface area contributed by atoms with Gasteiger partial charge in [0.15, 0.2) is 0 Å². The second-order valence-electron chi connectivity index (χ2n) is 7.04. The van der Waals surface area contributed by atoms with Crippen molar-refractivity contribution in [1.82, 2.24) is 0 Å². The third-order valence-electron chi connectivity index (χ3n) is 5.08. The van der Waals surface area contributed by atoms with E-state index in [0.717, 1.165) is 52.5 Å². The number of fused-ring (bicyclic) bond motifs is 1. The molecular weight excluding hydrogens is 440 g/mol. The van der Waals surface area contributed by atoms with E-state index in [1.165, 1.54) is 10.6 Å². The molecule has 1 N–H and O–H groups in total. The van der Waals surface area contributed by atoms with Gasteiger partial charge in [-0.1, -0.05) is 29.8 Å². The number of nitrogens with one attached hydrogen (secondary N) is 1. The molecule has 0 saturated heterocycles. The minimum atomic E-state index is -3.31. The van der Waals surface area contributed by atoms with E-state index in [1.54, 1.807) is 12.1 Å². The third-order valence-corrected chi connectivity index (χ3v) is 6.72. The summed E-state index contributed by atoms with van der Waals surface area (Å²) in [6, 6.07) is 9.33. The number of nitrogens with zero attached hydrogens (tertiary/aromatic N) is 1. The summed E-state index contributed by atoms with van der Waals surface area (Å²) in [5, 5.41) is 3.08. The maximum Gasteiger partial charge on any atom is 0.255 e. The Bertz CT molecular complexity index is 993. The Morgan fingerprint density at radius 2 is 1.79 bits per heavy atom. The predicted octanol–water partition coefficient (Wildman–Crippen LogP) is 4.54. The molecular formula is C21H25BrN2O3S. The summed E-state index contributed by atoms with van der Waals surface area (Å²) in [5.74, 6) is -0.175. The lowest BCUT2D eigenvalue weighted by atomic mass is 9.99. The average molecular weight is 465 g/mol. The average Bonchev–Trinajstić information content (AvgIpc) is 2.67. The molecule has 2 aromatic carbocycles. The second-order valence-corrected chi connectivity index (χ2v) is 9.86. The molecule has 0 atom stereocenters. The Kier molecular flexibility index (Phi) is 6.15. The maximum absolute atomic E-state index is 12.9. The first-order valence-corrected chi connectivity index (χ1v) is 12.1. The number of anilines is 2. The summed E-state index contributed by atoms with van der Waals surface area (Å²) in [7, 11) is -3.31. The molecule has 28 heavy (non-hydrogen) atoms. The van der Waals surface area contributed by atoms with Crippen molar-refractivity contribution in [3.63, 3.8) is 0 Å². The lowest BCUT2D eigenvalue weighted by Crippen LogP contribution is -2.34. The van der Waals surface area contributed by atoms with E-state index < -0.39 is 10.0 Å². The molecule has 1 amide bonds. The largest absolute Gasteiger partial charge is 0.321 e. The number of rotatable bonds is 5. The maximum atomic E-state index is 12.9. The molecule has 1 heterocycles. The molecule has 2 aromatic rings. The van der Waals surface area contributed by atoms with Gasteiger partial charge < -0.3 is 5.32 Å². The van der Waals surface area contributed by atoms with Crippen LogP contribution in [0, 0.1) is 0 Å². The Morgan fingerprint density at radius 3 is 2.36 bits per heavy atom. The highest BCUT2D eigenvalue weighted by Crippen LogP contribution is 2.31. The zero-order chi connectivity index (χ0) is 20.5. The predicted molar refractivity (Wildman–Crippen MR) is 118 cm³/mol. The SMILES string of the molecule is CCc1cc(Br)cc(CC)c1NC(=O)c1ccc2c(c1)CCCN2S(C)(=O)=O. The van der Waals surface area contributed by atoms with Crippen molar-refractivity contribution < 1.29 is 13.2 Å². The van der Waals surface area contributed by atoms with Gasteiger partial charge in [-0.15, -0.1) is 0 Å². The van der Waals surface area contributed by atoms with Gasteiger partial charge in [0.05, 0.1) is 11.9 Å². The van der Waals surface area contributed by atoms with E-state index in [9.17, 15) is 13.2 Å². The summed E-state index contributed by atoms with van der Waals surface area (Å²) < 4.78 is 26.5. The van der Waals surface area contributed by atoms with Crippen LogP contribution >= 0.6 is 15.9 Å². The second kappa shape index (κ2) is 8.25. The first-order valence-electron chi connectivity index (χ1n) is 9.47. The van der Waals surface area contributed by atoms with Gasteiger partial charge in [0.1, 0.15) is 0 Å². The van der Waals surface area contributed by atoms with Crippen LogP contribution in [-0.4, -0.2) is 27.1 Å². The topological polar surface area (TPSA) is 66.5 Å². The lowest BCUT2D eigenvalue weighted by molar-refractivity contribution is 0.102. The van der Waals surface area contributed by atoms with E-state index in [4.69, 9.17) is 0 Å². The fourth-order valence-corrected chi connectivity index (χ4v) is 5.23. The van der Waals surface area contributed by atoms with Crippen molar-refractivity contribution in [2.45, 2.75) is 39.5 Å². The van der Waals surface area contributed by atoms with E-state index >= 15 is 0 Å². The smallest absolute Gasteiger partial charge is 0.255 e. The van der Waals surface area contributed by atoms with E-state index in [1.807, 2.05) is 18.2 Å². The van der Waals surface area contributed by atoms with Gasteiger partial charge in [0.25, 0.3) is 5.91 Å². The Balaban J connectivity index is 1.93. The van der Waals surface area contributed by atoms with Gasteiger partial charge in [-0.25, -0.2) is 8.42 Å². The molecule has 150 valence electrons. The van der Waals surface area contributed by atoms with Crippen LogP contribution in [0.1, 0.15) is 47.3 Å². The number of aryl methyl sites for hydroxylation is 3. The van der Waals surface area contributed by atoms with Crippen LogP contribution in [0.4, 0.5) is 11.4 Å². The van der Waals surface area contributed by atoms with E-state index in [-0.39, 0.29) is 5.91 Å². The van der Waals surface area contributed by atoms with E-state index in [0.29, 0.717) is 17.8 Å². The lowest BCUT2D eigenvalue weighted by Gasteiger charge is -2.29. The quantitative estimate of drug-likeness (QED) is 0.705. The third kappa shape index (κ3) is 4.25. The number of benzene rings is 2. The van der Waals surface area contributed by atoms with Gasteiger partial charge in [-0.05, 0) is 72.7 Å². The molecule has 0 bridgehead atoms. The molecule has 0 fully saturated rings. The first kappa shape index (κ1) is 20.9. The number of carbonyl (C=O) groups excluding carboxylic acids is 1. The molecule has 1 aliphatic rings. The molecule has 0 spiro atoms. The Morgan fingerprint density at radius 1 is 1.14 bits per heavy atom. The molecule has 0 saturated carbocycles. The zero-order valence-electron chi connectivity index (χ0n) is 16.4. The number of carbonyl (C=O) groups is 1. The zero-order valence-corrected chi connectivity index (χ0v) is 18.8. The molecule has 0 aliphatic carbocycles. The van der Waals surface area contributed by atoms with Crippen molar-refractivity contribution in [2.75, 3.05) is 22.4 Å². The number of hydrogen-bond donors (Lipinski definition) is 1. The summed E-state index contributed by atoms with van der Waals surface area (Å²) in [6.45, 7) is 4.61. The normalized spacial score (nSPS) is 13.9. The number of amides is 1. The van der Waals surface area contributed by atoms with Gasteiger partial charge in [-0.3, -0.25) is 9.10 Å². The molecule has 5 nitrogen and oxygen atoms in total. The minimum absolute atomic E-state index is 0.175. The van der Waals surface area contributed by atoms with Crippen LogP contribution < -0.4 is 9.62 Å². The Labute approximate surface area is 175 Å². The summed E-state index contributed by atoms with van der Waals surface area (Å²) in [5.41, 5.74) is 5.15. The van der Waals surface area contributed by atoms with Crippen molar-refractivity contribution >= 4 is 43.2 Å². The van der Waals surface area contributed by atoms with Crippen molar-refractivity contribution in [3.05, 3.63) is 57.1 Å². The molecule has 0 radical (unpaired) electrons. The fraction of sp³-hybridized carbons (Fsp3) is 0.381. The van der Waals surface area contributed by atoms with Gasteiger partial charge in [0, 0.05) is 22.3 Å². The van der Waals surface area contributed by atoms with Crippen molar-refractivity contribution in [1.29, 1.82) is 0 Å². The molecule has 7 heteroatoms. The van der Waals surface area contributed by atoms with Crippen LogP contribution in [0.25, 0.3) is 0 Å². The minimum Gasteiger partial charge on any atom is -0.321 e. The summed E-state index contributed by atoms with van der Waals surface area (Å²) in [4.78, 5) is 12.9. The highest BCUT2D eigenvalue weighted by atomic mass is 79.9. The van der Waals surface area contributed by atoms with Crippen molar-refractivity contribution in [2.24, 2.45) is 0 Å². The number of sulfonamides is 1. The highest BCUT2D eigenvalue weighted by molar-refractivity contribution is 9.10. The van der Waals surface area contributed by atoms with Gasteiger partial charge >= 0.3 is 0 Å².